The average molecular weight is 316 g/mol. The van der Waals surface area contributed by atoms with Gasteiger partial charge in [-0.1, -0.05) is 30.3 Å². The molecule has 3 rings (SSSR count). The van der Waals surface area contributed by atoms with Gasteiger partial charge in [-0.15, -0.1) is 0 Å². The highest BCUT2D eigenvalue weighted by atomic mass is 16.5. The van der Waals surface area contributed by atoms with E-state index < -0.39 is 12.0 Å². The van der Waals surface area contributed by atoms with Crippen LogP contribution < -0.4 is 5.32 Å². The normalized spacial score (nSPS) is 22.6. The molecular formula is C18H24N2O3. The fraction of sp³-hybridized carbons (Fsp3) is 0.556. The molecule has 1 saturated heterocycles. The Balaban J connectivity index is 1.65. The largest absolute Gasteiger partial charge is 0.467 e. The number of hydrogen-bond donors (Lipinski definition) is 1. The topological polar surface area (TPSA) is 58.6 Å². The number of esters is 1. The van der Waals surface area contributed by atoms with Crippen molar-refractivity contribution >= 4 is 11.9 Å². The molecule has 1 saturated carbocycles. The van der Waals surface area contributed by atoms with Gasteiger partial charge in [0.25, 0.3) is 0 Å². The zero-order valence-electron chi connectivity index (χ0n) is 13.5. The molecule has 2 unspecified atom stereocenters. The van der Waals surface area contributed by atoms with E-state index in [2.05, 4.69) is 10.2 Å². The smallest absolute Gasteiger partial charge is 0.328 e. The molecule has 2 aliphatic rings. The van der Waals surface area contributed by atoms with Crippen LogP contribution >= 0.6 is 0 Å². The molecule has 1 N–H and O–H groups in total. The first-order valence-electron chi connectivity index (χ1n) is 8.37. The van der Waals surface area contributed by atoms with Crippen molar-refractivity contribution < 1.29 is 14.3 Å². The number of likely N-dealkylation sites (tertiary alicyclic amines) is 1. The molecule has 2 fully saturated rings. The molecule has 124 valence electrons. The van der Waals surface area contributed by atoms with Crippen LogP contribution in [-0.4, -0.2) is 48.6 Å². The molecular weight excluding hydrogens is 292 g/mol. The highest BCUT2D eigenvalue weighted by molar-refractivity contribution is 5.88. The Labute approximate surface area is 137 Å². The number of nitrogens with zero attached hydrogens (tertiary/aromatic N) is 1. The third-order valence-corrected chi connectivity index (χ3v) is 4.70. The number of carbonyl (C=O) groups is 2. The summed E-state index contributed by atoms with van der Waals surface area (Å²) in [5.74, 6) is -0.432. The lowest BCUT2D eigenvalue weighted by atomic mass is 10.1. The molecule has 0 aromatic heterocycles. The van der Waals surface area contributed by atoms with Crippen molar-refractivity contribution in [1.82, 2.24) is 10.2 Å². The van der Waals surface area contributed by atoms with E-state index in [-0.39, 0.29) is 11.9 Å². The maximum absolute atomic E-state index is 12.6. The number of hydrogen-bond acceptors (Lipinski definition) is 4. The van der Waals surface area contributed by atoms with Crippen molar-refractivity contribution in [2.45, 2.75) is 50.2 Å². The Bertz CT molecular complexity index is 557. The molecule has 5 nitrogen and oxygen atoms in total. The minimum atomic E-state index is -0.628. The van der Waals surface area contributed by atoms with Crippen LogP contribution in [0.25, 0.3) is 0 Å². The minimum absolute atomic E-state index is 0.0410. The molecule has 1 aliphatic heterocycles. The Morgan fingerprint density at radius 3 is 2.65 bits per heavy atom. The summed E-state index contributed by atoms with van der Waals surface area (Å²) in [5, 5.41) is 2.92. The van der Waals surface area contributed by atoms with Gasteiger partial charge < -0.3 is 10.1 Å². The predicted octanol–water partition coefficient (Wildman–Crippen LogP) is 1.51. The van der Waals surface area contributed by atoms with Crippen LogP contribution in [0.1, 0.15) is 31.2 Å². The molecule has 1 heterocycles. The second-order valence-corrected chi connectivity index (χ2v) is 6.40. The monoisotopic (exact) mass is 316 g/mol. The van der Waals surface area contributed by atoms with Crippen molar-refractivity contribution in [2.24, 2.45) is 0 Å². The molecule has 0 bridgehead atoms. The van der Waals surface area contributed by atoms with E-state index in [9.17, 15) is 9.59 Å². The van der Waals surface area contributed by atoms with E-state index in [0.717, 1.165) is 24.9 Å². The maximum Gasteiger partial charge on any atom is 0.328 e. The molecule has 0 radical (unpaired) electrons. The zero-order chi connectivity index (χ0) is 16.2. The third kappa shape index (κ3) is 3.91. The Morgan fingerprint density at radius 1 is 1.26 bits per heavy atom. The van der Waals surface area contributed by atoms with Gasteiger partial charge in [0.2, 0.25) is 5.91 Å². The van der Waals surface area contributed by atoms with Gasteiger partial charge in [-0.25, -0.2) is 4.79 Å². The molecule has 1 amide bonds. The number of benzene rings is 1. The van der Waals surface area contributed by atoms with Gasteiger partial charge in [-0.2, -0.15) is 0 Å². The number of carbonyl (C=O) groups excluding carboxylic acids is 2. The van der Waals surface area contributed by atoms with Crippen LogP contribution in [0.15, 0.2) is 30.3 Å². The predicted molar refractivity (Wildman–Crippen MR) is 86.8 cm³/mol. The minimum Gasteiger partial charge on any atom is -0.467 e. The number of rotatable bonds is 6. The van der Waals surface area contributed by atoms with E-state index in [1.807, 2.05) is 30.3 Å². The number of amides is 1. The van der Waals surface area contributed by atoms with Gasteiger partial charge in [0.15, 0.2) is 0 Å². The van der Waals surface area contributed by atoms with E-state index in [0.29, 0.717) is 12.5 Å². The van der Waals surface area contributed by atoms with Crippen LogP contribution in [0.2, 0.25) is 0 Å². The summed E-state index contributed by atoms with van der Waals surface area (Å²) in [5.41, 5.74) is 1.01. The Morgan fingerprint density at radius 2 is 2.00 bits per heavy atom. The van der Waals surface area contributed by atoms with Crippen molar-refractivity contribution in [2.75, 3.05) is 13.7 Å². The standard InChI is InChI=1S/C18H24N2O3/c1-23-18(22)15(12-13-6-3-2-4-7-13)19-17(21)16-8-5-11-20(16)14-9-10-14/h2-4,6-7,14-16H,5,8-12H2,1H3,(H,19,21). The number of ether oxygens (including phenoxy) is 1. The van der Waals surface area contributed by atoms with E-state index in [1.54, 1.807) is 0 Å². The summed E-state index contributed by atoms with van der Waals surface area (Å²) < 4.78 is 4.87. The Kier molecular flexibility index (Phi) is 4.96. The number of nitrogens with one attached hydrogen (secondary N) is 1. The second kappa shape index (κ2) is 7.13. The molecule has 23 heavy (non-hydrogen) atoms. The molecule has 1 aromatic rings. The van der Waals surface area contributed by atoms with Crippen LogP contribution in [-0.2, 0) is 20.7 Å². The van der Waals surface area contributed by atoms with E-state index >= 15 is 0 Å². The van der Waals surface area contributed by atoms with Crippen LogP contribution in [0, 0.1) is 0 Å². The average Bonchev–Trinajstić information content (AvgIpc) is 3.31. The Hall–Kier alpha value is -1.88. The van der Waals surface area contributed by atoms with Crippen molar-refractivity contribution in [3.8, 4) is 0 Å². The first-order valence-corrected chi connectivity index (χ1v) is 8.37. The van der Waals surface area contributed by atoms with Crippen LogP contribution in [0.5, 0.6) is 0 Å². The summed E-state index contributed by atoms with van der Waals surface area (Å²) in [6.07, 6.45) is 4.76. The lowest BCUT2D eigenvalue weighted by molar-refractivity contribution is -0.145. The van der Waals surface area contributed by atoms with Gasteiger partial charge in [0.1, 0.15) is 6.04 Å². The highest BCUT2D eigenvalue weighted by Gasteiger charge is 2.40. The van der Waals surface area contributed by atoms with Gasteiger partial charge in [0, 0.05) is 12.5 Å². The fourth-order valence-corrected chi connectivity index (χ4v) is 3.37. The quantitative estimate of drug-likeness (QED) is 0.808. The van der Waals surface area contributed by atoms with Crippen LogP contribution in [0.4, 0.5) is 0 Å². The lowest BCUT2D eigenvalue weighted by Crippen LogP contribution is -2.51. The SMILES string of the molecule is COC(=O)C(Cc1ccccc1)NC(=O)C1CCCN1C1CC1. The van der Waals surface area contributed by atoms with E-state index in [4.69, 9.17) is 4.74 Å². The molecule has 1 aliphatic carbocycles. The summed E-state index contributed by atoms with van der Waals surface area (Å²) in [7, 11) is 1.36. The van der Waals surface area contributed by atoms with Gasteiger partial charge in [-0.05, 0) is 37.8 Å². The van der Waals surface area contributed by atoms with Gasteiger partial charge in [-0.3, -0.25) is 9.69 Å². The summed E-state index contributed by atoms with van der Waals surface area (Å²) in [4.78, 5) is 27.0. The van der Waals surface area contributed by atoms with Gasteiger partial charge in [0.05, 0.1) is 13.2 Å². The summed E-state index contributed by atoms with van der Waals surface area (Å²) in [6.45, 7) is 0.990. The molecule has 1 aromatic carbocycles. The first kappa shape index (κ1) is 16.0. The maximum atomic E-state index is 12.6. The molecule has 5 heteroatoms. The number of methoxy groups -OCH3 is 1. The summed E-state index contributed by atoms with van der Waals surface area (Å²) >= 11 is 0. The third-order valence-electron chi connectivity index (χ3n) is 4.70. The lowest BCUT2D eigenvalue weighted by Gasteiger charge is -2.25. The van der Waals surface area contributed by atoms with Crippen molar-refractivity contribution in [3.63, 3.8) is 0 Å². The highest BCUT2D eigenvalue weighted by Crippen LogP contribution is 2.33. The zero-order valence-corrected chi connectivity index (χ0v) is 13.5. The molecule has 2 atom stereocenters. The fourth-order valence-electron chi connectivity index (χ4n) is 3.37. The first-order chi connectivity index (χ1) is 11.2. The molecule has 0 spiro atoms. The van der Waals surface area contributed by atoms with Crippen molar-refractivity contribution in [1.29, 1.82) is 0 Å². The van der Waals surface area contributed by atoms with Crippen molar-refractivity contribution in [3.05, 3.63) is 35.9 Å². The van der Waals surface area contributed by atoms with Gasteiger partial charge >= 0.3 is 5.97 Å². The van der Waals surface area contributed by atoms with E-state index in [1.165, 1.54) is 20.0 Å². The second-order valence-electron chi connectivity index (χ2n) is 6.40. The van der Waals surface area contributed by atoms with Crippen LogP contribution in [0.3, 0.4) is 0 Å². The summed E-state index contributed by atoms with van der Waals surface area (Å²) in [6, 6.07) is 9.54.